The Bertz CT molecular complexity index is 1830. The van der Waals surface area contributed by atoms with Crippen molar-refractivity contribution < 1.29 is 38.2 Å². The fourth-order valence-electron chi connectivity index (χ4n) is 5.29. The van der Waals surface area contributed by atoms with Crippen LogP contribution in [0.15, 0.2) is 60.9 Å². The van der Waals surface area contributed by atoms with Crippen molar-refractivity contribution in [2.75, 3.05) is 13.7 Å². The molecule has 0 unspecified atom stereocenters. The summed E-state index contributed by atoms with van der Waals surface area (Å²) in [6.07, 6.45) is 2.02. The van der Waals surface area contributed by atoms with Crippen molar-refractivity contribution in [3.05, 3.63) is 72.1 Å². The Morgan fingerprint density at radius 2 is 1.08 bits per heavy atom. The standard InChI is InChI=1S/C36H46N6O8/c1-35(2,3)49-33(46)41-27(16-21-18-37-25-14-10-8-12-23(21)25)30(43)39-20-29(32(45)48-7)40-31(44)28(42-34(47)50-36(4,5)6)17-22-19-38-26-15-11-9-13-24(22)26/h8-15,18-19,27-29,37-38H,16-17,20H2,1-7H3,(H,39,43)(H,40,44)(H,41,46)(H,42,47)/t27-,28-,29-/m0/s1. The molecule has 14 heteroatoms. The highest BCUT2D eigenvalue weighted by atomic mass is 16.6. The Hall–Kier alpha value is -5.53. The van der Waals surface area contributed by atoms with E-state index in [9.17, 15) is 24.0 Å². The molecule has 2 aromatic heterocycles. The largest absolute Gasteiger partial charge is 0.467 e. The molecular formula is C36H46N6O8. The number of H-pyrrole nitrogens is 2. The van der Waals surface area contributed by atoms with Crippen LogP contribution >= 0.6 is 0 Å². The number of carbonyl (C=O) groups excluding carboxylic acids is 5. The smallest absolute Gasteiger partial charge is 0.408 e. The van der Waals surface area contributed by atoms with Gasteiger partial charge in [0.25, 0.3) is 0 Å². The predicted molar refractivity (Wildman–Crippen MR) is 187 cm³/mol. The summed E-state index contributed by atoms with van der Waals surface area (Å²) >= 11 is 0. The first-order valence-corrected chi connectivity index (χ1v) is 16.3. The van der Waals surface area contributed by atoms with Gasteiger partial charge in [0.15, 0.2) is 0 Å². The van der Waals surface area contributed by atoms with Gasteiger partial charge in [-0.05, 0) is 64.8 Å². The number of aromatic amines is 2. The van der Waals surface area contributed by atoms with Crippen LogP contribution in [0.3, 0.4) is 0 Å². The van der Waals surface area contributed by atoms with Crippen LogP contribution in [0.2, 0.25) is 0 Å². The molecule has 3 atom stereocenters. The van der Waals surface area contributed by atoms with E-state index in [4.69, 9.17) is 14.2 Å². The van der Waals surface area contributed by atoms with Gasteiger partial charge >= 0.3 is 18.2 Å². The van der Waals surface area contributed by atoms with Gasteiger partial charge < -0.3 is 45.4 Å². The lowest BCUT2D eigenvalue weighted by Crippen LogP contribution is -2.57. The van der Waals surface area contributed by atoms with Gasteiger partial charge in [0.05, 0.1) is 7.11 Å². The molecule has 4 amide bonds. The third-order valence-corrected chi connectivity index (χ3v) is 7.50. The summed E-state index contributed by atoms with van der Waals surface area (Å²) in [6.45, 7) is 9.81. The molecule has 0 aliphatic carbocycles. The van der Waals surface area contributed by atoms with Crippen LogP contribution < -0.4 is 21.3 Å². The summed E-state index contributed by atoms with van der Waals surface area (Å²) in [5.74, 6) is -2.19. The second-order valence-electron chi connectivity index (χ2n) is 13.9. The highest BCUT2D eigenvalue weighted by Gasteiger charge is 2.32. The molecule has 0 radical (unpaired) electrons. The molecule has 0 aliphatic rings. The van der Waals surface area contributed by atoms with Gasteiger partial charge in [-0.1, -0.05) is 36.4 Å². The van der Waals surface area contributed by atoms with Crippen molar-refractivity contribution >= 4 is 51.8 Å². The Labute approximate surface area is 290 Å². The number of hydrogen-bond acceptors (Lipinski definition) is 8. The molecule has 0 aliphatic heterocycles. The first-order chi connectivity index (χ1) is 23.5. The van der Waals surface area contributed by atoms with E-state index < -0.39 is 59.3 Å². The molecule has 6 N–H and O–H groups in total. The Kier molecular flexibility index (Phi) is 11.8. The van der Waals surface area contributed by atoms with Gasteiger partial charge in [-0.25, -0.2) is 14.4 Å². The number of rotatable bonds is 12. The number of methoxy groups -OCH3 is 1. The van der Waals surface area contributed by atoms with E-state index >= 15 is 0 Å². The maximum Gasteiger partial charge on any atom is 0.408 e. The highest BCUT2D eigenvalue weighted by molar-refractivity contribution is 5.92. The zero-order valence-electron chi connectivity index (χ0n) is 29.4. The summed E-state index contributed by atoms with van der Waals surface area (Å²) < 4.78 is 15.7. The van der Waals surface area contributed by atoms with Crippen LogP contribution in [0.5, 0.6) is 0 Å². The summed E-state index contributed by atoms with van der Waals surface area (Å²) in [5.41, 5.74) is 1.56. The molecule has 0 saturated heterocycles. The molecular weight excluding hydrogens is 644 g/mol. The number of benzene rings is 2. The SMILES string of the molecule is COC(=O)[C@H](CNC(=O)[C@H](Cc1c[nH]c2ccccc12)NC(=O)OC(C)(C)C)NC(=O)[C@H](Cc1c[nH]c2ccccc12)NC(=O)OC(C)(C)C. The fourth-order valence-corrected chi connectivity index (χ4v) is 5.29. The lowest BCUT2D eigenvalue weighted by molar-refractivity contribution is -0.145. The Balaban J connectivity index is 1.52. The van der Waals surface area contributed by atoms with Crippen LogP contribution in [0.25, 0.3) is 21.8 Å². The van der Waals surface area contributed by atoms with Crippen molar-refractivity contribution in [1.82, 2.24) is 31.2 Å². The minimum absolute atomic E-state index is 0.0574. The summed E-state index contributed by atoms with van der Waals surface area (Å²) in [7, 11) is 1.15. The normalized spacial score (nSPS) is 13.5. The number of aromatic nitrogens is 2. The second kappa shape index (κ2) is 15.8. The number of esters is 1. The molecule has 2 heterocycles. The van der Waals surface area contributed by atoms with E-state index in [0.717, 1.165) is 40.0 Å². The van der Waals surface area contributed by atoms with E-state index in [0.29, 0.717) is 0 Å². The zero-order valence-corrected chi connectivity index (χ0v) is 29.4. The number of fused-ring (bicyclic) bond motifs is 2. The van der Waals surface area contributed by atoms with Gasteiger partial charge in [0, 0.05) is 53.6 Å². The number of para-hydroxylation sites is 2. The van der Waals surface area contributed by atoms with Gasteiger partial charge in [0.2, 0.25) is 11.8 Å². The maximum atomic E-state index is 13.7. The fraction of sp³-hybridized carbons (Fsp3) is 0.417. The van der Waals surface area contributed by atoms with Gasteiger partial charge in [-0.3, -0.25) is 9.59 Å². The molecule has 268 valence electrons. The number of nitrogens with one attached hydrogen (secondary N) is 6. The molecule has 2 aromatic carbocycles. The lowest BCUT2D eigenvalue weighted by atomic mass is 10.0. The third kappa shape index (κ3) is 10.5. The van der Waals surface area contributed by atoms with E-state index in [2.05, 4.69) is 31.2 Å². The number of hydrogen-bond donors (Lipinski definition) is 6. The zero-order chi connectivity index (χ0) is 36.6. The van der Waals surface area contributed by atoms with Crippen LogP contribution in [0.1, 0.15) is 52.7 Å². The van der Waals surface area contributed by atoms with Crippen molar-refractivity contribution in [1.29, 1.82) is 0 Å². The van der Waals surface area contributed by atoms with Crippen LogP contribution in [-0.2, 0) is 41.4 Å². The number of ether oxygens (including phenoxy) is 3. The average molecular weight is 691 g/mol. The first-order valence-electron chi connectivity index (χ1n) is 16.3. The molecule has 0 spiro atoms. The minimum Gasteiger partial charge on any atom is -0.467 e. The second-order valence-corrected chi connectivity index (χ2v) is 13.9. The van der Waals surface area contributed by atoms with Crippen LogP contribution in [0, 0.1) is 0 Å². The molecule has 4 rings (SSSR count). The molecule has 0 bridgehead atoms. The predicted octanol–water partition coefficient (Wildman–Crippen LogP) is 4.00. The quantitative estimate of drug-likeness (QED) is 0.0949. The Morgan fingerprint density at radius 3 is 1.52 bits per heavy atom. The van der Waals surface area contributed by atoms with E-state index in [-0.39, 0.29) is 19.4 Å². The number of alkyl carbamates (subject to hydrolysis) is 2. The molecule has 4 aromatic rings. The summed E-state index contributed by atoms with van der Waals surface area (Å²) in [5, 5.41) is 12.2. The van der Waals surface area contributed by atoms with Crippen LogP contribution in [0.4, 0.5) is 9.59 Å². The monoisotopic (exact) mass is 690 g/mol. The van der Waals surface area contributed by atoms with Crippen molar-refractivity contribution in [2.24, 2.45) is 0 Å². The van der Waals surface area contributed by atoms with Crippen molar-refractivity contribution in [3.8, 4) is 0 Å². The van der Waals surface area contributed by atoms with Crippen LogP contribution in [-0.4, -0.2) is 82.9 Å². The molecule has 0 fully saturated rings. The molecule has 0 saturated carbocycles. The van der Waals surface area contributed by atoms with E-state index in [1.165, 1.54) is 0 Å². The lowest BCUT2D eigenvalue weighted by Gasteiger charge is -2.26. The molecule has 50 heavy (non-hydrogen) atoms. The first kappa shape index (κ1) is 37.3. The van der Waals surface area contributed by atoms with E-state index in [1.54, 1.807) is 53.9 Å². The minimum atomic E-state index is -1.35. The van der Waals surface area contributed by atoms with E-state index in [1.807, 2.05) is 48.5 Å². The molecule has 14 nitrogen and oxygen atoms in total. The summed E-state index contributed by atoms with van der Waals surface area (Å²) in [4.78, 5) is 72.1. The van der Waals surface area contributed by atoms with Gasteiger partial charge in [0.1, 0.15) is 29.3 Å². The van der Waals surface area contributed by atoms with Gasteiger partial charge in [-0.2, -0.15) is 0 Å². The average Bonchev–Trinajstić information content (AvgIpc) is 3.64. The topological polar surface area (TPSA) is 193 Å². The van der Waals surface area contributed by atoms with Crippen molar-refractivity contribution in [3.63, 3.8) is 0 Å². The number of amides is 4. The van der Waals surface area contributed by atoms with Crippen molar-refractivity contribution in [2.45, 2.75) is 83.7 Å². The number of carbonyl (C=O) groups is 5. The van der Waals surface area contributed by atoms with Gasteiger partial charge in [-0.15, -0.1) is 0 Å². The highest BCUT2D eigenvalue weighted by Crippen LogP contribution is 2.21. The third-order valence-electron chi connectivity index (χ3n) is 7.50. The maximum absolute atomic E-state index is 13.7. The summed E-state index contributed by atoms with van der Waals surface area (Å²) in [6, 6.07) is 11.4. The Morgan fingerprint density at radius 1 is 0.640 bits per heavy atom.